The first kappa shape index (κ1) is 18.7. The number of hydrogen-bond donors (Lipinski definition) is 1. The molecule has 3 aliphatic heterocycles. The molecule has 2 saturated heterocycles. The van der Waals surface area contributed by atoms with Crippen molar-refractivity contribution in [2.45, 2.75) is 25.2 Å². The number of aryl methyl sites for hydroxylation is 1. The molecule has 2 amide bonds. The molecule has 0 aliphatic carbocycles. The van der Waals surface area contributed by atoms with Crippen LogP contribution in [0.25, 0.3) is 0 Å². The molecule has 2 bridgehead atoms. The van der Waals surface area contributed by atoms with Gasteiger partial charge in [-0.1, -0.05) is 46.6 Å². The lowest BCUT2D eigenvalue weighted by Crippen LogP contribution is -2.44. The van der Waals surface area contributed by atoms with E-state index in [1.807, 2.05) is 12.2 Å². The summed E-state index contributed by atoms with van der Waals surface area (Å²) < 4.78 is 11.2. The average molecular weight is 434 g/mol. The number of aromatic nitrogens is 1. The first-order valence-corrected chi connectivity index (χ1v) is 9.97. The van der Waals surface area contributed by atoms with Gasteiger partial charge in [0.25, 0.3) is 0 Å². The molecular formula is C20H17Cl2N3O4. The Morgan fingerprint density at radius 1 is 1.34 bits per heavy atom. The van der Waals surface area contributed by atoms with Crippen molar-refractivity contribution in [3.05, 3.63) is 57.8 Å². The number of hydrogen-bond acceptors (Lipinski definition) is 5. The Balaban J connectivity index is 1.36. The standard InChI is InChI=1S/C20H17Cl2N3O4/c1-10-6-15(24-29-10)25-9-20-5-4-14(28-20)16(17(20)19(25)27)18(26)23-8-11-2-3-12(21)13(22)7-11/h2-7,14,16-17H,8-9H2,1H3,(H,23,26)/t14-,16-,17-,20+/m1/s1. The lowest BCUT2D eigenvalue weighted by atomic mass is 9.77. The fraction of sp³-hybridized carbons (Fsp3) is 0.350. The molecule has 1 aromatic heterocycles. The molecule has 0 unspecified atom stereocenters. The van der Waals surface area contributed by atoms with Gasteiger partial charge < -0.3 is 14.6 Å². The summed E-state index contributed by atoms with van der Waals surface area (Å²) in [6.45, 7) is 2.35. The van der Waals surface area contributed by atoms with Crippen molar-refractivity contribution in [3.63, 3.8) is 0 Å². The minimum absolute atomic E-state index is 0.181. The first-order chi connectivity index (χ1) is 13.9. The van der Waals surface area contributed by atoms with Gasteiger partial charge in [0.15, 0.2) is 5.82 Å². The highest BCUT2D eigenvalue weighted by Gasteiger charge is 2.67. The summed E-state index contributed by atoms with van der Waals surface area (Å²) in [4.78, 5) is 27.7. The van der Waals surface area contributed by atoms with Crippen molar-refractivity contribution in [1.29, 1.82) is 0 Å². The Bertz CT molecular complexity index is 1050. The van der Waals surface area contributed by atoms with Crippen LogP contribution in [0.15, 0.2) is 40.9 Å². The minimum atomic E-state index is -0.805. The molecule has 3 aliphatic rings. The fourth-order valence-electron chi connectivity index (χ4n) is 4.43. The molecule has 1 spiro atoms. The number of halogens is 2. The quantitative estimate of drug-likeness (QED) is 0.749. The summed E-state index contributed by atoms with van der Waals surface area (Å²) in [5, 5.41) is 7.72. The molecule has 29 heavy (non-hydrogen) atoms. The number of fused-ring (bicyclic) bond motifs is 1. The second-order valence-electron chi connectivity index (χ2n) is 7.59. The normalized spacial score (nSPS) is 29.6. The van der Waals surface area contributed by atoms with Crippen molar-refractivity contribution in [3.8, 4) is 0 Å². The molecule has 5 rings (SSSR count). The molecule has 7 nitrogen and oxygen atoms in total. The number of carbonyl (C=O) groups is 2. The van der Waals surface area contributed by atoms with E-state index in [1.54, 1.807) is 31.2 Å². The lowest BCUT2D eigenvalue weighted by molar-refractivity contribution is -0.132. The van der Waals surface area contributed by atoms with Crippen molar-refractivity contribution < 1.29 is 18.8 Å². The van der Waals surface area contributed by atoms with Gasteiger partial charge in [-0.2, -0.15) is 0 Å². The predicted octanol–water partition coefficient (Wildman–Crippen LogP) is 2.89. The molecule has 2 aromatic rings. The summed E-state index contributed by atoms with van der Waals surface area (Å²) in [6.07, 6.45) is 3.35. The zero-order valence-corrected chi connectivity index (χ0v) is 16.9. The number of nitrogens with zero attached hydrogens (tertiary/aromatic N) is 2. The molecule has 9 heteroatoms. The molecule has 150 valence electrons. The van der Waals surface area contributed by atoms with Gasteiger partial charge in [0, 0.05) is 12.6 Å². The molecule has 1 aromatic carbocycles. The summed E-state index contributed by atoms with van der Waals surface area (Å²) in [5.41, 5.74) is 0.0136. The Morgan fingerprint density at radius 3 is 2.90 bits per heavy atom. The Labute approximate surface area is 176 Å². The smallest absolute Gasteiger partial charge is 0.235 e. The van der Waals surface area contributed by atoms with Crippen LogP contribution in [0, 0.1) is 18.8 Å². The number of amides is 2. The van der Waals surface area contributed by atoms with Crippen LogP contribution in [0.5, 0.6) is 0 Å². The van der Waals surface area contributed by atoms with Gasteiger partial charge >= 0.3 is 0 Å². The number of carbonyl (C=O) groups excluding carboxylic acids is 2. The summed E-state index contributed by atoms with van der Waals surface area (Å²) in [5.74, 6) is -0.564. The van der Waals surface area contributed by atoms with Crippen LogP contribution in [0.3, 0.4) is 0 Å². The number of anilines is 1. The Hall–Kier alpha value is -2.35. The summed E-state index contributed by atoms with van der Waals surface area (Å²) in [7, 11) is 0. The van der Waals surface area contributed by atoms with Crippen molar-refractivity contribution in [1.82, 2.24) is 10.5 Å². The van der Waals surface area contributed by atoms with Crippen LogP contribution >= 0.6 is 23.2 Å². The van der Waals surface area contributed by atoms with Crippen molar-refractivity contribution in [2.75, 3.05) is 11.4 Å². The summed E-state index contributed by atoms with van der Waals surface area (Å²) in [6, 6.07) is 6.88. The van der Waals surface area contributed by atoms with Crippen LogP contribution in [0.4, 0.5) is 5.82 Å². The largest absolute Gasteiger partial charge is 0.360 e. The van der Waals surface area contributed by atoms with Gasteiger partial charge in [0.05, 0.1) is 34.5 Å². The van der Waals surface area contributed by atoms with Gasteiger partial charge in [-0.05, 0) is 24.6 Å². The second-order valence-corrected chi connectivity index (χ2v) is 8.40. The first-order valence-electron chi connectivity index (χ1n) is 9.21. The Kier molecular flexibility index (Phi) is 4.24. The van der Waals surface area contributed by atoms with E-state index in [2.05, 4.69) is 10.5 Å². The van der Waals surface area contributed by atoms with Crippen molar-refractivity contribution in [2.24, 2.45) is 11.8 Å². The molecule has 2 fully saturated rings. The van der Waals surface area contributed by atoms with Gasteiger partial charge in [0.1, 0.15) is 11.4 Å². The maximum atomic E-state index is 13.2. The van der Waals surface area contributed by atoms with Gasteiger partial charge in [0.2, 0.25) is 11.8 Å². The van der Waals surface area contributed by atoms with Crippen LogP contribution in [-0.4, -0.2) is 35.2 Å². The van der Waals surface area contributed by atoms with E-state index in [4.69, 9.17) is 32.5 Å². The fourth-order valence-corrected chi connectivity index (χ4v) is 4.75. The zero-order chi connectivity index (χ0) is 20.3. The number of ether oxygens (including phenoxy) is 1. The van der Waals surface area contributed by atoms with Crippen LogP contribution in [0.1, 0.15) is 11.3 Å². The molecular weight excluding hydrogens is 417 g/mol. The number of rotatable bonds is 4. The average Bonchev–Trinajstić information content (AvgIpc) is 3.43. The molecule has 4 heterocycles. The SMILES string of the molecule is Cc1cc(N2C[C@]34C=C[C@@H](O3)[C@@H](C(=O)NCc3ccc(Cl)c(Cl)c3)[C@@H]4C2=O)no1. The highest BCUT2D eigenvalue weighted by Crippen LogP contribution is 2.52. The maximum absolute atomic E-state index is 13.2. The van der Waals surface area contributed by atoms with Gasteiger partial charge in [-0.15, -0.1) is 0 Å². The number of nitrogens with one attached hydrogen (secondary N) is 1. The highest BCUT2D eigenvalue weighted by atomic mass is 35.5. The van der Waals surface area contributed by atoms with E-state index in [9.17, 15) is 9.59 Å². The zero-order valence-electron chi connectivity index (χ0n) is 15.4. The van der Waals surface area contributed by atoms with E-state index >= 15 is 0 Å². The monoisotopic (exact) mass is 433 g/mol. The molecule has 0 radical (unpaired) electrons. The van der Waals surface area contributed by atoms with Crippen molar-refractivity contribution >= 4 is 40.8 Å². The van der Waals surface area contributed by atoms with E-state index in [0.717, 1.165) is 5.56 Å². The summed E-state index contributed by atoms with van der Waals surface area (Å²) >= 11 is 12.0. The molecule has 4 atom stereocenters. The van der Waals surface area contributed by atoms with Crippen LogP contribution < -0.4 is 10.2 Å². The van der Waals surface area contributed by atoms with Gasteiger partial charge in [-0.25, -0.2) is 0 Å². The Morgan fingerprint density at radius 2 is 2.17 bits per heavy atom. The van der Waals surface area contributed by atoms with E-state index < -0.39 is 23.5 Å². The third-order valence-electron chi connectivity index (χ3n) is 5.75. The van der Waals surface area contributed by atoms with E-state index in [1.165, 1.54) is 4.90 Å². The third-order valence-corrected chi connectivity index (χ3v) is 6.48. The van der Waals surface area contributed by atoms with Crippen LogP contribution in [0.2, 0.25) is 10.0 Å². The highest BCUT2D eigenvalue weighted by molar-refractivity contribution is 6.42. The minimum Gasteiger partial charge on any atom is -0.360 e. The topological polar surface area (TPSA) is 84.7 Å². The number of benzene rings is 1. The van der Waals surface area contributed by atoms with Crippen LogP contribution in [-0.2, 0) is 20.9 Å². The van der Waals surface area contributed by atoms with Gasteiger partial charge in [-0.3, -0.25) is 14.5 Å². The lowest BCUT2D eigenvalue weighted by Gasteiger charge is -2.23. The predicted molar refractivity (Wildman–Crippen MR) is 106 cm³/mol. The molecule has 0 saturated carbocycles. The third kappa shape index (κ3) is 2.87. The molecule has 1 N–H and O–H groups in total. The maximum Gasteiger partial charge on any atom is 0.235 e. The van der Waals surface area contributed by atoms with E-state index in [-0.39, 0.29) is 18.4 Å². The van der Waals surface area contributed by atoms with E-state index in [0.29, 0.717) is 28.2 Å². The second kappa shape index (κ2) is 6.58.